The molecule has 1 saturated heterocycles. The minimum Gasteiger partial charge on any atom is -0.343 e. The lowest BCUT2D eigenvalue weighted by atomic mass is 10.4. The Morgan fingerprint density at radius 2 is 1.78 bits per heavy atom. The molecule has 9 heavy (non-hydrogen) atoms. The number of amides is 1. The second-order valence-electron chi connectivity index (χ2n) is 2.18. The van der Waals surface area contributed by atoms with Crippen LogP contribution in [0.4, 0.5) is 0 Å². The molecule has 1 fully saturated rings. The Labute approximate surface area is 55.2 Å². The Morgan fingerprint density at radius 1 is 1.22 bits per heavy atom. The van der Waals surface area contributed by atoms with Crippen LogP contribution in [-0.4, -0.2) is 42.4 Å². The third-order valence-corrected chi connectivity index (χ3v) is 1.50. The fourth-order valence-electron chi connectivity index (χ4n) is 0.843. The Balaban J connectivity index is 2.26. The lowest BCUT2D eigenvalue weighted by Crippen LogP contribution is -2.42. The van der Waals surface area contributed by atoms with E-state index in [0.29, 0.717) is 0 Å². The van der Waals surface area contributed by atoms with Crippen molar-refractivity contribution >= 4 is 6.41 Å². The Morgan fingerprint density at radius 3 is 2.22 bits per heavy atom. The third kappa shape index (κ3) is 1.68. The van der Waals surface area contributed by atoms with Gasteiger partial charge < -0.3 is 4.90 Å². The first kappa shape index (κ1) is 6.55. The second kappa shape index (κ2) is 2.82. The van der Waals surface area contributed by atoms with Crippen LogP contribution in [-0.2, 0) is 4.79 Å². The van der Waals surface area contributed by atoms with Gasteiger partial charge in [0.25, 0.3) is 0 Å². The molecule has 0 saturated carbocycles. The van der Waals surface area contributed by atoms with E-state index in [1.54, 1.807) is 9.80 Å². The summed E-state index contributed by atoms with van der Waals surface area (Å²) in [7, 11) is 5.44. The van der Waals surface area contributed by atoms with Crippen LogP contribution in [0.1, 0.15) is 0 Å². The molecule has 3 heteroatoms. The first-order chi connectivity index (χ1) is 4.33. The first-order valence-electron chi connectivity index (χ1n) is 3.02. The maximum absolute atomic E-state index is 10.1. The number of nitrogens with zero attached hydrogens (tertiary/aromatic N) is 2. The van der Waals surface area contributed by atoms with Gasteiger partial charge in [0, 0.05) is 33.2 Å². The predicted molar refractivity (Wildman–Crippen MR) is 33.5 cm³/mol. The summed E-state index contributed by atoms with van der Waals surface area (Å²) >= 11 is 0. The van der Waals surface area contributed by atoms with E-state index in [4.69, 9.17) is 7.05 Å². The van der Waals surface area contributed by atoms with Gasteiger partial charge in [-0.3, -0.25) is 9.69 Å². The zero-order valence-electron chi connectivity index (χ0n) is 5.29. The number of carbonyl (C=O) groups is 1. The molecule has 2 radical (unpaired) electrons. The lowest BCUT2D eigenvalue weighted by Gasteiger charge is -2.28. The van der Waals surface area contributed by atoms with E-state index in [2.05, 4.69) is 0 Å². The highest BCUT2D eigenvalue weighted by Gasteiger charge is 2.10. The number of carbonyl (C=O) groups excluding carboxylic acids is 1. The summed E-state index contributed by atoms with van der Waals surface area (Å²) in [5.74, 6) is 0. The van der Waals surface area contributed by atoms with Gasteiger partial charge in [-0.1, -0.05) is 0 Å². The molecule has 1 amide bonds. The minimum absolute atomic E-state index is 0.764. The van der Waals surface area contributed by atoms with Crippen LogP contribution in [0.2, 0.25) is 0 Å². The fourth-order valence-corrected chi connectivity index (χ4v) is 0.843. The van der Waals surface area contributed by atoms with Crippen LogP contribution in [0.15, 0.2) is 0 Å². The highest BCUT2D eigenvalue weighted by Crippen LogP contribution is 1.95. The molecular weight excluding hydrogens is 116 g/mol. The molecule has 1 aliphatic heterocycles. The van der Waals surface area contributed by atoms with Crippen molar-refractivity contribution in [2.24, 2.45) is 0 Å². The van der Waals surface area contributed by atoms with E-state index >= 15 is 0 Å². The zero-order valence-corrected chi connectivity index (χ0v) is 5.29. The molecule has 3 nitrogen and oxygen atoms in total. The Kier molecular flexibility index (Phi) is 2.05. The maximum atomic E-state index is 10.1. The topological polar surface area (TPSA) is 23.6 Å². The summed E-state index contributed by atoms with van der Waals surface area (Å²) in [6.45, 7) is 3.11. The van der Waals surface area contributed by atoms with Gasteiger partial charge in [0.05, 0.1) is 0 Å². The highest BCUT2D eigenvalue weighted by atomic mass is 16.1. The van der Waals surface area contributed by atoms with Gasteiger partial charge in [0.1, 0.15) is 0 Å². The predicted octanol–water partition coefficient (Wildman–Crippen LogP) is -0.571. The summed E-state index contributed by atoms with van der Waals surface area (Å²) in [4.78, 5) is 13.6. The van der Waals surface area contributed by atoms with Gasteiger partial charge >= 0.3 is 0 Å². The average molecular weight is 126 g/mol. The molecule has 0 aromatic heterocycles. The second-order valence-corrected chi connectivity index (χ2v) is 2.18. The van der Waals surface area contributed by atoms with Crippen LogP contribution in [0, 0.1) is 7.05 Å². The quantitative estimate of drug-likeness (QED) is 0.439. The van der Waals surface area contributed by atoms with Crippen LogP contribution >= 0.6 is 0 Å². The summed E-state index contributed by atoms with van der Waals surface area (Å²) < 4.78 is 0. The normalized spacial score (nSPS) is 22.1. The smallest absolute Gasteiger partial charge is 0.209 e. The standard InChI is InChI=1S/C6H10N2O/c1-7-2-4-8(6-9)5-3-7/h1,6H,2-5H2. The molecule has 0 bridgehead atoms. The molecule has 1 aliphatic rings. The SMILES string of the molecule is [CH]N1CCN(C=O)CC1. The number of hydrogen-bond acceptors (Lipinski definition) is 2. The van der Waals surface area contributed by atoms with Crippen molar-refractivity contribution in [1.82, 2.24) is 9.80 Å². The largest absolute Gasteiger partial charge is 0.343 e. The molecule has 0 aliphatic carbocycles. The highest BCUT2D eigenvalue weighted by molar-refractivity contribution is 5.47. The molecule has 0 aromatic carbocycles. The van der Waals surface area contributed by atoms with Crippen molar-refractivity contribution in [3.05, 3.63) is 7.05 Å². The summed E-state index contributed by atoms with van der Waals surface area (Å²) in [6, 6.07) is 0. The molecule has 0 N–H and O–H groups in total. The zero-order chi connectivity index (χ0) is 6.69. The minimum atomic E-state index is 0.764. The van der Waals surface area contributed by atoms with Crippen molar-refractivity contribution in [2.75, 3.05) is 26.2 Å². The van der Waals surface area contributed by atoms with Gasteiger partial charge in [-0.2, -0.15) is 0 Å². The summed E-state index contributed by atoms with van der Waals surface area (Å²) in [5.41, 5.74) is 0. The first-order valence-corrected chi connectivity index (χ1v) is 3.02. The lowest BCUT2D eigenvalue weighted by molar-refractivity contribution is -0.119. The molecule has 0 atom stereocenters. The van der Waals surface area contributed by atoms with Gasteiger partial charge in [-0.05, 0) is 0 Å². The number of rotatable bonds is 1. The van der Waals surface area contributed by atoms with Gasteiger partial charge in [-0.15, -0.1) is 0 Å². The van der Waals surface area contributed by atoms with E-state index < -0.39 is 0 Å². The molecule has 1 heterocycles. The third-order valence-electron chi connectivity index (χ3n) is 1.50. The monoisotopic (exact) mass is 126 g/mol. The van der Waals surface area contributed by atoms with Crippen molar-refractivity contribution in [1.29, 1.82) is 0 Å². The Hall–Kier alpha value is -0.570. The summed E-state index contributed by atoms with van der Waals surface area (Å²) in [5, 5.41) is 0. The fraction of sp³-hybridized carbons (Fsp3) is 0.667. The van der Waals surface area contributed by atoms with Crippen molar-refractivity contribution < 1.29 is 4.79 Å². The van der Waals surface area contributed by atoms with Gasteiger partial charge in [0.2, 0.25) is 6.41 Å². The van der Waals surface area contributed by atoms with Crippen LogP contribution < -0.4 is 0 Å². The van der Waals surface area contributed by atoms with E-state index in [9.17, 15) is 4.79 Å². The average Bonchev–Trinajstić information content (AvgIpc) is 1.90. The van der Waals surface area contributed by atoms with Crippen molar-refractivity contribution in [2.45, 2.75) is 0 Å². The molecule has 0 aromatic rings. The van der Waals surface area contributed by atoms with Gasteiger partial charge in [-0.25, -0.2) is 0 Å². The molecule has 1 rings (SSSR count). The van der Waals surface area contributed by atoms with E-state index in [0.717, 1.165) is 32.6 Å². The number of piperazine rings is 1. The van der Waals surface area contributed by atoms with Crippen molar-refractivity contribution in [3.8, 4) is 0 Å². The van der Waals surface area contributed by atoms with Crippen LogP contribution in [0.5, 0.6) is 0 Å². The van der Waals surface area contributed by atoms with Crippen molar-refractivity contribution in [3.63, 3.8) is 0 Å². The van der Waals surface area contributed by atoms with Gasteiger partial charge in [0.15, 0.2) is 0 Å². The van der Waals surface area contributed by atoms with Crippen LogP contribution in [0.3, 0.4) is 0 Å². The molecular formula is C6H10N2O. The molecule has 50 valence electrons. The van der Waals surface area contributed by atoms with E-state index in [-0.39, 0.29) is 0 Å². The van der Waals surface area contributed by atoms with E-state index in [1.165, 1.54) is 0 Å². The van der Waals surface area contributed by atoms with Crippen LogP contribution in [0.25, 0.3) is 0 Å². The molecule has 0 unspecified atom stereocenters. The molecule has 0 spiro atoms. The van der Waals surface area contributed by atoms with E-state index in [1.807, 2.05) is 0 Å². The summed E-state index contributed by atoms with van der Waals surface area (Å²) in [6.07, 6.45) is 0.868. The maximum Gasteiger partial charge on any atom is 0.209 e. The Bertz CT molecular complexity index is 97.2. The number of hydrogen-bond donors (Lipinski definition) is 0.